The van der Waals surface area contributed by atoms with Gasteiger partial charge in [-0.3, -0.25) is 9.48 Å². The van der Waals surface area contributed by atoms with Crippen molar-refractivity contribution in [2.75, 3.05) is 6.61 Å². The second kappa shape index (κ2) is 4.96. The van der Waals surface area contributed by atoms with Crippen molar-refractivity contribution >= 4 is 5.97 Å². The smallest absolute Gasteiger partial charge is 0.327 e. The van der Waals surface area contributed by atoms with Gasteiger partial charge >= 0.3 is 5.97 Å². The molecule has 0 saturated carbocycles. The zero-order valence-corrected chi connectivity index (χ0v) is 9.83. The fourth-order valence-corrected chi connectivity index (χ4v) is 1.73. The van der Waals surface area contributed by atoms with Crippen molar-refractivity contribution in [2.45, 2.75) is 40.7 Å². The Bertz CT molecular complexity index is 356. The standard InChI is InChI=1S/C11H18N2O2/c1-5-10-8(3)12-13(9(10)4)7-11(14)15-6-2/h5-7H2,1-4H3. The van der Waals surface area contributed by atoms with E-state index < -0.39 is 0 Å². The average molecular weight is 210 g/mol. The first kappa shape index (κ1) is 11.8. The molecule has 84 valence electrons. The molecule has 4 heteroatoms. The predicted molar refractivity (Wildman–Crippen MR) is 57.7 cm³/mol. The van der Waals surface area contributed by atoms with E-state index in [-0.39, 0.29) is 12.5 Å². The van der Waals surface area contributed by atoms with E-state index in [4.69, 9.17) is 4.74 Å². The van der Waals surface area contributed by atoms with Gasteiger partial charge in [0.25, 0.3) is 0 Å². The lowest BCUT2D eigenvalue weighted by atomic mass is 10.1. The molecule has 0 bridgehead atoms. The van der Waals surface area contributed by atoms with Gasteiger partial charge in [-0.2, -0.15) is 5.10 Å². The second-order valence-corrected chi connectivity index (χ2v) is 3.47. The average Bonchev–Trinajstić information content (AvgIpc) is 2.42. The lowest BCUT2D eigenvalue weighted by Crippen LogP contribution is -2.15. The van der Waals surface area contributed by atoms with Crippen molar-refractivity contribution < 1.29 is 9.53 Å². The summed E-state index contributed by atoms with van der Waals surface area (Å²) in [5, 5.41) is 4.32. The fourth-order valence-electron chi connectivity index (χ4n) is 1.73. The Morgan fingerprint density at radius 1 is 1.40 bits per heavy atom. The zero-order chi connectivity index (χ0) is 11.4. The van der Waals surface area contributed by atoms with E-state index in [0.717, 1.165) is 17.8 Å². The van der Waals surface area contributed by atoms with Gasteiger partial charge in [0, 0.05) is 5.69 Å². The Balaban J connectivity index is 2.82. The van der Waals surface area contributed by atoms with Crippen molar-refractivity contribution in [2.24, 2.45) is 0 Å². The Hall–Kier alpha value is -1.32. The molecule has 0 amide bonds. The quantitative estimate of drug-likeness (QED) is 0.709. The first-order valence-corrected chi connectivity index (χ1v) is 5.28. The van der Waals surface area contributed by atoms with Gasteiger partial charge in [0.15, 0.2) is 0 Å². The molecule has 1 heterocycles. The highest BCUT2D eigenvalue weighted by Crippen LogP contribution is 2.13. The Morgan fingerprint density at radius 3 is 2.53 bits per heavy atom. The third kappa shape index (κ3) is 2.58. The number of carbonyl (C=O) groups is 1. The minimum absolute atomic E-state index is 0.209. The molecule has 0 fully saturated rings. The maximum absolute atomic E-state index is 11.3. The molecule has 0 aromatic carbocycles. The van der Waals surface area contributed by atoms with Gasteiger partial charge in [-0.1, -0.05) is 6.92 Å². The fraction of sp³-hybridized carbons (Fsp3) is 0.636. The van der Waals surface area contributed by atoms with E-state index in [1.54, 1.807) is 11.6 Å². The molecule has 0 aliphatic heterocycles. The normalized spacial score (nSPS) is 10.4. The summed E-state index contributed by atoms with van der Waals surface area (Å²) in [6.07, 6.45) is 0.945. The number of carbonyl (C=O) groups excluding carboxylic acids is 1. The number of hydrogen-bond donors (Lipinski definition) is 0. The Labute approximate surface area is 90.2 Å². The zero-order valence-electron chi connectivity index (χ0n) is 9.83. The van der Waals surface area contributed by atoms with Crippen LogP contribution in [0.5, 0.6) is 0 Å². The minimum Gasteiger partial charge on any atom is -0.465 e. The number of rotatable bonds is 4. The molecule has 0 spiro atoms. The van der Waals surface area contributed by atoms with Gasteiger partial charge in [-0.15, -0.1) is 0 Å². The van der Waals surface area contributed by atoms with Crippen LogP contribution in [0.25, 0.3) is 0 Å². The molecular formula is C11H18N2O2. The highest BCUT2D eigenvalue weighted by molar-refractivity contribution is 5.69. The number of esters is 1. The SMILES string of the molecule is CCOC(=O)Cn1nc(C)c(CC)c1C. The molecule has 15 heavy (non-hydrogen) atoms. The maximum atomic E-state index is 11.3. The molecule has 0 aliphatic rings. The molecule has 1 aromatic rings. The molecule has 1 rings (SSSR count). The molecule has 0 saturated heterocycles. The van der Waals surface area contributed by atoms with E-state index in [1.807, 2.05) is 13.8 Å². The summed E-state index contributed by atoms with van der Waals surface area (Å²) in [5.41, 5.74) is 3.28. The number of aryl methyl sites for hydroxylation is 1. The molecule has 0 unspecified atom stereocenters. The molecule has 0 N–H and O–H groups in total. The van der Waals surface area contributed by atoms with Gasteiger partial charge in [0.1, 0.15) is 6.54 Å². The van der Waals surface area contributed by atoms with Crippen molar-refractivity contribution in [3.63, 3.8) is 0 Å². The largest absolute Gasteiger partial charge is 0.465 e. The summed E-state index contributed by atoms with van der Waals surface area (Å²) in [7, 11) is 0. The van der Waals surface area contributed by atoms with E-state index in [0.29, 0.717) is 6.61 Å². The van der Waals surface area contributed by atoms with Gasteiger partial charge in [-0.05, 0) is 32.8 Å². The van der Waals surface area contributed by atoms with Gasteiger partial charge in [0.05, 0.1) is 12.3 Å². The van der Waals surface area contributed by atoms with Crippen LogP contribution >= 0.6 is 0 Å². The molecule has 0 radical (unpaired) electrons. The molecule has 1 aromatic heterocycles. The van der Waals surface area contributed by atoms with Crippen molar-refractivity contribution in [3.05, 3.63) is 17.0 Å². The second-order valence-electron chi connectivity index (χ2n) is 3.47. The van der Waals surface area contributed by atoms with Crippen LogP contribution in [0.1, 0.15) is 30.8 Å². The number of nitrogens with zero attached hydrogens (tertiary/aromatic N) is 2. The maximum Gasteiger partial charge on any atom is 0.327 e. The van der Waals surface area contributed by atoms with Crippen LogP contribution < -0.4 is 0 Å². The summed E-state index contributed by atoms with van der Waals surface area (Å²) in [6.45, 7) is 8.47. The van der Waals surface area contributed by atoms with Crippen LogP contribution in [0.2, 0.25) is 0 Å². The van der Waals surface area contributed by atoms with Crippen LogP contribution in [-0.2, 0) is 22.5 Å². The molecular weight excluding hydrogens is 192 g/mol. The third-order valence-corrected chi connectivity index (χ3v) is 2.47. The summed E-state index contributed by atoms with van der Waals surface area (Å²) in [4.78, 5) is 11.3. The number of aromatic nitrogens is 2. The summed E-state index contributed by atoms with van der Waals surface area (Å²) < 4.78 is 6.60. The van der Waals surface area contributed by atoms with Crippen LogP contribution in [0, 0.1) is 13.8 Å². The Morgan fingerprint density at radius 2 is 2.07 bits per heavy atom. The van der Waals surface area contributed by atoms with Gasteiger partial charge in [0.2, 0.25) is 0 Å². The predicted octanol–water partition coefficient (Wildman–Crippen LogP) is 1.63. The third-order valence-electron chi connectivity index (χ3n) is 2.47. The van der Waals surface area contributed by atoms with E-state index in [1.165, 1.54) is 5.56 Å². The highest BCUT2D eigenvalue weighted by Gasteiger charge is 2.12. The van der Waals surface area contributed by atoms with Gasteiger partial charge < -0.3 is 4.74 Å². The Kier molecular flexibility index (Phi) is 3.88. The van der Waals surface area contributed by atoms with E-state index in [9.17, 15) is 4.79 Å². The lowest BCUT2D eigenvalue weighted by molar-refractivity contribution is -0.144. The first-order chi connectivity index (χ1) is 7.10. The van der Waals surface area contributed by atoms with Crippen LogP contribution in [0.4, 0.5) is 0 Å². The monoisotopic (exact) mass is 210 g/mol. The number of ether oxygens (including phenoxy) is 1. The molecule has 0 aliphatic carbocycles. The number of hydrogen-bond acceptors (Lipinski definition) is 3. The molecule has 4 nitrogen and oxygen atoms in total. The minimum atomic E-state index is -0.231. The van der Waals surface area contributed by atoms with Gasteiger partial charge in [-0.25, -0.2) is 0 Å². The van der Waals surface area contributed by atoms with Crippen molar-refractivity contribution in [3.8, 4) is 0 Å². The van der Waals surface area contributed by atoms with Crippen LogP contribution in [-0.4, -0.2) is 22.4 Å². The van der Waals surface area contributed by atoms with Crippen molar-refractivity contribution in [1.82, 2.24) is 9.78 Å². The van der Waals surface area contributed by atoms with Crippen molar-refractivity contribution in [1.29, 1.82) is 0 Å². The topological polar surface area (TPSA) is 44.1 Å². The van der Waals surface area contributed by atoms with E-state index in [2.05, 4.69) is 12.0 Å². The highest BCUT2D eigenvalue weighted by atomic mass is 16.5. The van der Waals surface area contributed by atoms with Crippen LogP contribution in [0.15, 0.2) is 0 Å². The van der Waals surface area contributed by atoms with E-state index >= 15 is 0 Å². The lowest BCUT2D eigenvalue weighted by Gasteiger charge is -2.04. The van der Waals surface area contributed by atoms with Crippen LogP contribution in [0.3, 0.4) is 0 Å². The first-order valence-electron chi connectivity index (χ1n) is 5.28. The summed E-state index contributed by atoms with van der Waals surface area (Å²) in [6, 6.07) is 0. The molecule has 0 atom stereocenters. The summed E-state index contributed by atoms with van der Waals surface area (Å²) in [5.74, 6) is -0.231. The summed E-state index contributed by atoms with van der Waals surface area (Å²) >= 11 is 0.